The molecular formula is C23H27N2O4S+. The number of quaternary nitrogens is 1. The van der Waals surface area contributed by atoms with Gasteiger partial charge in [0.1, 0.15) is 13.1 Å². The first kappa shape index (κ1) is 20.8. The summed E-state index contributed by atoms with van der Waals surface area (Å²) >= 11 is 1.32. The fourth-order valence-corrected chi connectivity index (χ4v) is 4.84. The third-order valence-corrected chi connectivity index (χ3v) is 6.68. The number of aliphatic hydroxyl groups excluding tert-OH is 1. The highest BCUT2D eigenvalue weighted by Crippen LogP contribution is 2.39. The molecule has 0 bridgehead atoms. The molecule has 2 aromatic rings. The van der Waals surface area contributed by atoms with Crippen molar-refractivity contribution in [3.05, 3.63) is 69.1 Å². The molecule has 0 spiro atoms. The fourth-order valence-electron chi connectivity index (χ4n) is 4.16. The summed E-state index contributed by atoms with van der Waals surface area (Å²) in [6.45, 7) is 6.91. The van der Waals surface area contributed by atoms with Crippen LogP contribution in [-0.2, 0) is 9.53 Å². The van der Waals surface area contributed by atoms with Gasteiger partial charge in [-0.05, 0) is 23.9 Å². The average molecular weight is 428 g/mol. The van der Waals surface area contributed by atoms with Gasteiger partial charge in [0.05, 0.1) is 36.3 Å². The van der Waals surface area contributed by atoms with Crippen molar-refractivity contribution in [2.24, 2.45) is 0 Å². The van der Waals surface area contributed by atoms with Gasteiger partial charge in [-0.2, -0.15) is 0 Å². The minimum absolute atomic E-state index is 0.185. The maximum atomic E-state index is 13.2. The summed E-state index contributed by atoms with van der Waals surface area (Å²) in [6.07, 6.45) is 0.803. The molecule has 1 aromatic carbocycles. The molecule has 0 unspecified atom stereocenters. The van der Waals surface area contributed by atoms with E-state index in [1.807, 2.05) is 36.6 Å². The molecule has 1 atom stereocenters. The molecule has 2 N–H and O–H groups in total. The Hall–Kier alpha value is -2.48. The second kappa shape index (κ2) is 9.12. The van der Waals surface area contributed by atoms with Crippen molar-refractivity contribution in [3.63, 3.8) is 0 Å². The van der Waals surface area contributed by atoms with Gasteiger partial charge in [-0.25, -0.2) is 0 Å². The fraction of sp³-hybridized carbons (Fsp3) is 0.391. The van der Waals surface area contributed by atoms with E-state index in [0.717, 1.165) is 50.4 Å². The molecule has 1 amide bonds. The predicted octanol–water partition coefficient (Wildman–Crippen LogP) is 1.94. The van der Waals surface area contributed by atoms with Gasteiger partial charge >= 0.3 is 0 Å². The second-order valence-corrected chi connectivity index (χ2v) is 8.79. The number of thiophene rings is 1. The van der Waals surface area contributed by atoms with Gasteiger partial charge in [0.2, 0.25) is 5.78 Å². The van der Waals surface area contributed by atoms with E-state index < -0.39 is 17.7 Å². The van der Waals surface area contributed by atoms with Gasteiger partial charge < -0.3 is 19.6 Å². The summed E-state index contributed by atoms with van der Waals surface area (Å²) in [7, 11) is 0. The number of aliphatic hydroxyl groups is 1. The molecule has 30 heavy (non-hydrogen) atoms. The molecule has 1 saturated heterocycles. The molecular weight excluding hydrogens is 400 g/mol. The van der Waals surface area contributed by atoms with Crippen LogP contribution in [0.3, 0.4) is 0 Å². The van der Waals surface area contributed by atoms with Gasteiger partial charge in [-0.15, -0.1) is 11.3 Å². The van der Waals surface area contributed by atoms with E-state index in [1.165, 1.54) is 16.2 Å². The molecule has 1 aromatic heterocycles. The minimum atomic E-state index is -0.563. The van der Waals surface area contributed by atoms with E-state index in [4.69, 9.17) is 4.74 Å². The van der Waals surface area contributed by atoms with Crippen LogP contribution >= 0.6 is 11.3 Å². The number of amides is 1. The quantitative estimate of drug-likeness (QED) is 0.663. The Kier molecular flexibility index (Phi) is 6.32. The number of aryl methyl sites for hydroxylation is 1. The number of hydrogen-bond donors (Lipinski definition) is 2. The molecule has 7 heteroatoms. The molecule has 4 rings (SSSR count). The number of rotatable bonds is 7. The van der Waals surface area contributed by atoms with E-state index >= 15 is 0 Å². The lowest BCUT2D eigenvalue weighted by atomic mass is 9.94. The number of Topliss-reactive ketones (excluding diaryl/α,β-unsaturated/α-hetero) is 1. The summed E-state index contributed by atoms with van der Waals surface area (Å²) in [5.41, 5.74) is 2.13. The number of carbonyl (C=O) groups excluding carboxylic acids is 2. The van der Waals surface area contributed by atoms with Crippen LogP contribution < -0.4 is 4.90 Å². The normalized spacial score (nSPS) is 20.2. The van der Waals surface area contributed by atoms with Crippen molar-refractivity contribution >= 4 is 23.0 Å². The molecule has 2 aliphatic heterocycles. The molecule has 2 aliphatic rings. The molecule has 0 saturated carbocycles. The minimum Gasteiger partial charge on any atom is -0.503 e. The summed E-state index contributed by atoms with van der Waals surface area (Å²) in [5.74, 6) is -1.15. The van der Waals surface area contributed by atoms with Crippen molar-refractivity contribution in [2.75, 3.05) is 39.4 Å². The van der Waals surface area contributed by atoms with Gasteiger partial charge in [-0.1, -0.05) is 35.9 Å². The monoisotopic (exact) mass is 427 g/mol. The zero-order chi connectivity index (χ0) is 21.1. The smallest absolute Gasteiger partial charge is 0.290 e. The standard InChI is InChI=1S/C23H26N2O4S/c1-16-5-7-17(8-6-16)20-19(21(26)18-4-2-15-30-18)22(27)23(28)25(20)10-3-9-24-11-13-29-14-12-24/h2,4-8,15,20,27H,3,9-14H2,1H3/p+1/t20-/m1/s1. The van der Waals surface area contributed by atoms with Crippen molar-refractivity contribution in [1.29, 1.82) is 0 Å². The predicted molar refractivity (Wildman–Crippen MR) is 115 cm³/mol. The summed E-state index contributed by atoms with van der Waals surface area (Å²) in [5, 5.41) is 12.5. The van der Waals surface area contributed by atoms with Crippen LogP contribution in [0.5, 0.6) is 0 Å². The van der Waals surface area contributed by atoms with E-state index in [-0.39, 0.29) is 11.4 Å². The lowest BCUT2D eigenvalue weighted by molar-refractivity contribution is -0.908. The number of nitrogens with zero attached hydrogens (tertiary/aromatic N) is 1. The highest BCUT2D eigenvalue weighted by molar-refractivity contribution is 7.12. The van der Waals surface area contributed by atoms with Crippen LogP contribution in [0.1, 0.15) is 33.3 Å². The van der Waals surface area contributed by atoms with Crippen LogP contribution in [0.15, 0.2) is 53.1 Å². The SMILES string of the molecule is Cc1ccc([C@@H]2C(C(=O)c3cccs3)=C(O)C(=O)N2CCC[NH+]2CCOCC2)cc1. The maximum Gasteiger partial charge on any atom is 0.290 e. The van der Waals surface area contributed by atoms with Gasteiger partial charge in [0, 0.05) is 13.0 Å². The Morgan fingerprint density at radius 1 is 1.23 bits per heavy atom. The highest BCUT2D eigenvalue weighted by atomic mass is 32.1. The number of nitrogens with one attached hydrogen (secondary N) is 1. The number of morpholine rings is 1. The Labute approximate surface area is 180 Å². The summed E-state index contributed by atoms with van der Waals surface area (Å²) in [6, 6.07) is 10.8. The van der Waals surface area contributed by atoms with Gasteiger partial charge in [0.15, 0.2) is 5.76 Å². The Balaban J connectivity index is 1.59. The molecule has 158 valence electrons. The molecule has 0 radical (unpaired) electrons. The molecule has 1 fully saturated rings. The Bertz CT molecular complexity index is 931. The highest BCUT2D eigenvalue weighted by Gasteiger charge is 2.43. The Morgan fingerprint density at radius 2 is 1.97 bits per heavy atom. The number of benzene rings is 1. The summed E-state index contributed by atoms with van der Waals surface area (Å²) in [4.78, 5) is 29.8. The third kappa shape index (κ3) is 4.19. The lowest BCUT2D eigenvalue weighted by Crippen LogP contribution is -3.14. The zero-order valence-electron chi connectivity index (χ0n) is 17.1. The molecule has 0 aliphatic carbocycles. The largest absolute Gasteiger partial charge is 0.503 e. The van der Waals surface area contributed by atoms with Gasteiger partial charge in [0.25, 0.3) is 5.91 Å². The number of carbonyl (C=O) groups is 2. The van der Waals surface area contributed by atoms with Crippen LogP contribution in [-0.4, -0.2) is 61.1 Å². The van der Waals surface area contributed by atoms with Crippen LogP contribution in [0.25, 0.3) is 0 Å². The zero-order valence-corrected chi connectivity index (χ0v) is 17.9. The topological polar surface area (TPSA) is 71.3 Å². The van der Waals surface area contributed by atoms with E-state index in [0.29, 0.717) is 11.4 Å². The van der Waals surface area contributed by atoms with Crippen LogP contribution in [0.2, 0.25) is 0 Å². The van der Waals surface area contributed by atoms with E-state index in [2.05, 4.69) is 0 Å². The lowest BCUT2D eigenvalue weighted by Gasteiger charge is -2.28. The summed E-state index contributed by atoms with van der Waals surface area (Å²) < 4.78 is 5.41. The first-order valence-electron chi connectivity index (χ1n) is 10.4. The number of ether oxygens (including phenoxy) is 1. The van der Waals surface area contributed by atoms with E-state index in [1.54, 1.807) is 17.0 Å². The van der Waals surface area contributed by atoms with Crippen molar-refractivity contribution in [1.82, 2.24) is 4.90 Å². The first-order valence-corrected chi connectivity index (χ1v) is 11.2. The van der Waals surface area contributed by atoms with Crippen molar-refractivity contribution in [2.45, 2.75) is 19.4 Å². The second-order valence-electron chi connectivity index (χ2n) is 7.85. The number of hydrogen-bond acceptors (Lipinski definition) is 5. The van der Waals surface area contributed by atoms with E-state index in [9.17, 15) is 14.7 Å². The van der Waals surface area contributed by atoms with Crippen molar-refractivity contribution in [3.8, 4) is 0 Å². The maximum absolute atomic E-state index is 13.2. The van der Waals surface area contributed by atoms with Gasteiger partial charge in [-0.3, -0.25) is 9.59 Å². The van der Waals surface area contributed by atoms with Crippen molar-refractivity contribution < 1.29 is 24.3 Å². The molecule has 3 heterocycles. The first-order chi connectivity index (χ1) is 14.6. The number of ketones is 1. The molecule has 6 nitrogen and oxygen atoms in total. The van der Waals surface area contributed by atoms with Crippen LogP contribution in [0, 0.1) is 6.92 Å². The average Bonchev–Trinajstić information content (AvgIpc) is 3.38. The Morgan fingerprint density at radius 3 is 2.63 bits per heavy atom. The third-order valence-electron chi connectivity index (χ3n) is 5.82. The van der Waals surface area contributed by atoms with Crippen LogP contribution in [0.4, 0.5) is 0 Å².